The molecule has 0 heterocycles. The number of halogens is 3. The molecule has 0 aromatic heterocycles. The SMILES string of the molecule is COc1ccc(CC(Br)c2cc(Br)ccc2F)cc1. The third-order valence-corrected chi connectivity index (χ3v) is 4.18. The first-order chi connectivity index (χ1) is 9.10. The van der Waals surface area contributed by atoms with Crippen molar-refractivity contribution < 1.29 is 9.13 Å². The van der Waals surface area contributed by atoms with Crippen LogP contribution in [0.25, 0.3) is 0 Å². The highest BCUT2D eigenvalue weighted by Gasteiger charge is 2.13. The van der Waals surface area contributed by atoms with Gasteiger partial charge in [-0.15, -0.1) is 0 Å². The monoisotopic (exact) mass is 386 g/mol. The molecule has 0 fully saturated rings. The molecular weight excluding hydrogens is 375 g/mol. The number of hydrogen-bond acceptors (Lipinski definition) is 1. The molecule has 0 saturated carbocycles. The summed E-state index contributed by atoms with van der Waals surface area (Å²) in [6.07, 6.45) is 0.720. The molecular formula is C15H13Br2FO. The van der Waals surface area contributed by atoms with Crippen LogP contribution in [-0.4, -0.2) is 7.11 Å². The molecule has 0 saturated heterocycles. The second kappa shape index (κ2) is 6.53. The van der Waals surface area contributed by atoms with Crippen LogP contribution in [0, 0.1) is 5.82 Å². The van der Waals surface area contributed by atoms with Gasteiger partial charge in [-0.25, -0.2) is 4.39 Å². The largest absolute Gasteiger partial charge is 0.497 e. The second-order valence-corrected chi connectivity index (χ2v) is 6.21. The normalized spacial score (nSPS) is 12.2. The number of benzene rings is 2. The Kier molecular flexibility index (Phi) is 4.99. The summed E-state index contributed by atoms with van der Waals surface area (Å²) in [6.45, 7) is 0. The van der Waals surface area contributed by atoms with Crippen LogP contribution in [0.2, 0.25) is 0 Å². The van der Waals surface area contributed by atoms with Crippen molar-refractivity contribution in [2.45, 2.75) is 11.2 Å². The predicted octanol–water partition coefficient (Wildman–Crippen LogP) is 5.28. The van der Waals surface area contributed by atoms with E-state index in [9.17, 15) is 4.39 Å². The van der Waals surface area contributed by atoms with Gasteiger partial charge in [0.25, 0.3) is 0 Å². The van der Waals surface area contributed by atoms with Gasteiger partial charge in [0.1, 0.15) is 11.6 Å². The maximum Gasteiger partial charge on any atom is 0.127 e. The first-order valence-corrected chi connectivity index (χ1v) is 7.53. The fraction of sp³-hybridized carbons (Fsp3) is 0.200. The molecule has 4 heteroatoms. The minimum Gasteiger partial charge on any atom is -0.497 e. The van der Waals surface area contributed by atoms with Crippen LogP contribution in [0.1, 0.15) is 16.0 Å². The Morgan fingerprint density at radius 1 is 1.16 bits per heavy atom. The van der Waals surface area contributed by atoms with Crippen LogP contribution < -0.4 is 4.74 Å². The molecule has 1 nitrogen and oxygen atoms in total. The Morgan fingerprint density at radius 2 is 1.84 bits per heavy atom. The van der Waals surface area contributed by atoms with E-state index in [4.69, 9.17) is 4.74 Å². The van der Waals surface area contributed by atoms with Crippen molar-refractivity contribution in [3.63, 3.8) is 0 Å². The van der Waals surface area contributed by atoms with Gasteiger partial charge in [0.15, 0.2) is 0 Å². The molecule has 100 valence electrons. The molecule has 0 radical (unpaired) electrons. The zero-order chi connectivity index (χ0) is 13.8. The van der Waals surface area contributed by atoms with Gasteiger partial charge in [-0.05, 0) is 42.3 Å². The third kappa shape index (κ3) is 3.80. The predicted molar refractivity (Wildman–Crippen MR) is 82.5 cm³/mol. The Bertz CT molecular complexity index is 555. The fourth-order valence-electron chi connectivity index (χ4n) is 1.83. The summed E-state index contributed by atoms with van der Waals surface area (Å²) in [7, 11) is 1.64. The Morgan fingerprint density at radius 3 is 2.47 bits per heavy atom. The van der Waals surface area contributed by atoms with E-state index in [1.54, 1.807) is 19.2 Å². The number of hydrogen-bond donors (Lipinski definition) is 0. The minimum atomic E-state index is -0.196. The first kappa shape index (κ1) is 14.5. The summed E-state index contributed by atoms with van der Waals surface area (Å²) in [5.41, 5.74) is 1.78. The van der Waals surface area contributed by atoms with E-state index in [0.29, 0.717) is 5.56 Å². The van der Waals surface area contributed by atoms with Gasteiger partial charge in [0.05, 0.1) is 7.11 Å². The molecule has 0 spiro atoms. The molecule has 0 aliphatic rings. The highest BCUT2D eigenvalue weighted by molar-refractivity contribution is 9.10. The highest BCUT2D eigenvalue weighted by Crippen LogP contribution is 2.31. The van der Waals surface area contributed by atoms with Crippen molar-refractivity contribution in [1.82, 2.24) is 0 Å². The summed E-state index contributed by atoms with van der Waals surface area (Å²) < 4.78 is 19.8. The summed E-state index contributed by atoms with van der Waals surface area (Å²) in [5, 5.41) is 0. The molecule has 0 aliphatic heterocycles. The van der Waals surface area contributed by atoms with Crippen molar-refractivity contribution in [2.75, 3.05) is 7.11 Å². The van der Waals surface area contributed by atoms with Gasteiger partial charge < -0.3 is 4.74 Å². The molecule has 0 aliphatic carbocycles. The smallest absolute Gasteiger partial charge is 0.127 e. The molecule has 1 unspecified atom stereocenters. The summed E-state index contributed by atoms with van der Waals surface area (Å²) in [4.78, 5) is -0.0570. The third-order valence-electron chi connectivity index (χ3n) is 2.87. The molecule has 0 N–H and O–H groups in total. The lowest BCUT2D eigenvalue weighted by atomic mass is 10.0. The fourth-order valence-corrected chi connectivity index (χ4v) is 2.94. The van der Waals surface area contributed by atoms with Crippen LogP contribution in [0.3, 0.4) is 0 Å². The lowest BCUT2D eigenvalue weighted by Crippen LogP contribution is -1.99. The van der Waals surface area contributed by atoms with Crippen molar-refractivity contribution in [3.05, 3.63) is 63.9 Å². The van der Waals surface area contributed by atoms with E-state index in [1.807, 2.05) is 24.3 Å². The molecule has 0 amide bonds. The topological polar surface area (TPSA) is 9.23 Å². The van der Waals surface area contributed by atoms with E-state index in [1.165, 1.54) is 6.07 Å². The van der Waals surface area contributed by atoms with Gasteiger partial charge in [-0.2, -0.15) is 0 Å². The van der Waals surface area contributed by atoms with Crippen LogP contribution >= 0.6 is 31.9 Å². The van der Waals surface area contributed by atoms with Crippen molar-refractivity contribution in [3.8, 4) is 5.75 Å². The van der Waals surface area contributed by atoms with E-state index in [-0.39, 0.29) is 10.6 Å². The highest BCUT2D eigenvalue weighted by atomic mass is 79.9. The minimum absolute atomic E-state index is 0.0570. The van der Waals surface area contributed by atoms with Gasteiger partial charge in [0.2, 0.25) is 0 Å². The summed E-state index contributed by atoms with van der Waals surface area (Å²) in [5.74, 6) is 0.627. The van der Waals surface area contributed by atoms with Crippen LogP contribution in [-0.2, 0) is 6.42 Å². The average molecular weight is 388 g/mol. The van der Waals surface area contributed by atoms with Gasteiger partial charge in [0, 0.05) is 14.9 Å². The van der Waals surface area contributed by atoms with E-state index >= 15 is 0 Å². The van der Waals surface area contributed by atoms with Gasteiger partial charge in [-0.3, -0.25) is 0 Å². The van der Waals surface area contributed by atoms with E-state index < -0.39 is 0 Å². The molecule has 2 rings (SSSR count). The maximum absolute atomic E-state index is 13.8. The molecule has 1 atom stereocenters. The second-order valence-electron chi connectivity index (χ2n) is 4.19. The van der Waals surface area contributed by atoms with Crippen LogP contribution in [0.5, 0.6) is 5.75 Å². The van der Waals surface area contributed by atoms with Crippen LogP contribution in [0.15, 0.2) is 46.9 Å². The zero-order valence-corrected chi connectivity index (χ0v) is 13.5. The number of alkyl halides is 1. The Balaban J connectivity index is 2.15. The van der Waals surface area contributed by atoms with Crippen molar-refractivity contribution in [2.24, 2.45) is 0 Å². The lowest BCUT2D eigenvalue weighted by molar-refractivity contribution is 0.414. The first-order valence-electron chi connectivity index (χ1n) is 5.82. The number of rotatable bonds is 4. The molecule has 19 heavy (non-hydrogen) atoms. The number of ether oxygens (including phenoxy) is 1. The quantitative estimate of drug-likeness (QED) is 0.649. The van der Waals surface area contributed by atoms with Crippen molar-refractivity contribution >= 4 is 31.9 Å². The summed E-state index contributed by atoms with van der Waals surface area (Å²) >= 11 is 6.92. The zero-order valence-electron chi connectivity index (χ0n) is 10.4. The van der Waals surface area contributed by atoms with E-state index in [2.05, 4.69) is 31.9 Å². The Hall–Kier alpha value is -0.870. The molecule has 2 aromatic rings. The molecule has 2 aromatic carbocycles. The number of methoxy groups -OCH3 is 1. The van der Waals surface area contributed by atoms with Gasteiger partial charge >= 0.3 is 0 Å². The van der Waals surface area contributed by atoms with E-state index in [0.717, 1.165) is 22.2 Å². The maximum atomic E-state index is 13.8. The van der Waals surface area contributed by atoms with Crippen molar-refractivity contribution in [1.29, 1.82) is 0 Å². The summed E-state index contributed by atoms with van der Waals surface area (Å²) in [6, 6.07) is 12.8. The van der Waals surface area contributed by atoms with Gasteiger partial charge in [-0.1, -0.05) is 44.0 Å². The Labute approximate surface area is 129 Å². The van der Waals surface area contributed by atoms with Crippen LogP contribution in [0.4, 0.5) is 4.39 Å². The molecule has 0 bridgehead atoms. The lowest BCUT2D eigenvalue weighted by Gasteiger charge is -2.12. The average Bonchev–Trinajstić information content (AvgIpc) is 2.42. The standard InChI is InChI=1S/C15H13Br2FO/c1-19-12-5-2-10(3-6-12)8-14(17)13-9-11(16)4-7-15(13)18/h2-7,9,14H,8H2,1H3.